The predicted octanol–water partition coefficient (Wildman–Crippen LogP) is 2.15. The Morgan fingerprint density at radius 2 is 1.71 bits per heavy atom. The van der Waals surface area contributed by atoms with Crippen molar-refractivity contribution in [1.29, 1.82) is 0 Å². The molecule has 162 valence electrons. The molecule has 8 nitrogen and oxygen atoms in total. The van der Waals surface area contributed by atoms with Crippen molar-refractivity contribution in [3.63, 3.8) is 0 Å². The van der Waals surface area contributed by atoms with Gasteiger partial charge in [0.15, 0.2) is 0 Å². The van der Waals surface area contributed by atoms with Gasteiger partial charge in [-0.2, -0.15) is 0 Å². The zero-order chi connectivity index (χ0) is 22.2. The Hall–Kier alpha value is -2.91. The average molecular weight is 461 g/mol. The summed E-state index contributed by atoms with van der Waals surface area (Å²) in [6.07, 6.45) is 0. The maximum atomic E-state index is 13.0. The van der Waals surface area contributed by atoms with Crippen LogP contribution in [0.1, 0.15) is 22.2 Å². The molecular formula is C21H21ClN4O4S. The van der Waals surface area contributed by atoms with Crippen molar-refractivity contribution in [1.82, 2.24) is 20.0 Å². The van der Waals surface area contributed by atoms with Crippen molar-refractivity contribution < 1.29 is 19.2 Å². The molecule has 10 heteroatoms. The van der Waals surface area contributed by atoms with Crippen LogP contribution in [0.15, 0.2) is 41.8 Å². The number of nitrogens with one attached hydrogen (secondary N) is 1. The number of nitrogens with zero attached hydrogens (tertiary/aromatic N) is 3. The molecule has 1 aromatic heterocycles. The highest BCUT2D eigenvalue weighted by molar-refractivity contribution is 7.12. The number of amides is 5. The molecule has 0 radical (unpaired) electrons. The van der Waals surface area contributed by atoms with Crippen LogP contribution < -0.4 is 5.32 Å². The first-order valence-corrected chi connectivity index (χ1v) is 11.1. The number of carbonyl (C=O) groups is 4. The molecule has 31 heavy (non-hydrogen) atoms. The van der Waals surface area contributed by atoms with Gasteiger partial charge < -0.3 is 15.1 Å². The molecule has 0 saturated carbocycles. The van der Waals surface area contributed by atoms with E-state index in [1.165, 1.54) is 11.3 Å². The standard InChI is InChI=1S/C21H21ClN4O4S/c1-21(14-4-6-15(22)7-5-14)19(29)26(20(30)23-21)13-17(27)24-8-10-25(11-9-24)18(28)16-3-2-12-31-16/h2-7,12H,8-11,13H2,1H3,(H,23,30)/t21-/m0/s1. The van der Waals surface area contributed by atoms with Crippen LogP contribution in [-0.4, -0.2) is 71.2 Å². The van der Waals surface area contributed by atoms with Gasteiger partial charge in [-0.3, -0.25) is 19.3 Å². The van der Waals surface area contributed by atoms with Crippen LogP contribution in [-0.2, 0) is 15.1 Å². The summed E-state index contributed by atoms with van der Waals surface area (Å²) in [6.45, 7) is 2.79. The van der Waals surface area contributed by atoms with Gasteiger partial charge in [0.25, 0.3) is 11.8 Å². The first kappa shape index (κ1) is 21.3. The Bertz CT molecular complexity index is 1020. The van der Waals surface area contributed by atoms with Crippen molar-refractivity contribution in [2.45, 2.75) is 12.5 Å². The average Bonchev–Trinajstić information content (AvgIpc) is 3.38. The van der Waals surface area contributed by atoms with Crippen molar-refractivity contribution in [2.24, 2.45) is 0 Å². The van der Waals surface area contributed by atoms with E-state index in [9.17, 15) is 19.2 Å². The van der Waals surface area contributed by atoms with Crippen molar-refractivity contribution in [3.05, 3.63) is 57.2 Å². The molecule has 2 aliphatic rings. The molecule has 0 unspecified atom stereocenters. The fraction of sp³-hybridized carbons (Fsp3) is 0.333. The van der Waals surface area contributed by atoms with Gasteiger partial charge in [-0.25, -0.2) is 4.79 Å². The summed E-state index contributed by atoms with van der Waals surface area (Å²) < 4.78 is 0. The second kappa shape index (κ2) is 8.32. The Labute approximate surface area is 188 Å². The van der Waals surface area contributed by atoms with E-state index < -0.39 is 17.5 Å². The zero-order valence-electron chi connectivity index (χ0n) is 16.8. The Kier molecular flexibility index (Phi) is 5.72. The first-order chi connectivity index (χ1) is 14.8. The number of urea groups is 1. The van der Waals surface area contributed by atoms with Gasteiger partial charge in [-0.15, -0.1) is 11.3 Å². The number of hydrogen-bond donors (Lipinski definition) is 1. The van der Waals surface area contributed by atoms with Gasteiger partial charge in [0.1, 0.15) is 12.1 Å². The summed E-state index contributed by atoms with van der Waals surface area (Å²) in [4.78, 5) is 55.6. The summed E-state index contributed by atoms with van der Waals surface area (Å²) in [5.41, 5.74) is -0.667. The van der Waals surface area contributed by atoms with E-state index in [2.05, 4.69) is 5.32 Å². The van der Waals surface area contributed by atoms with Crippen LogP contribution in [0, 0.1) is 0 Å². The Balaban J connectivity index is 1.37. The minimum absolute atomic E-state index is 0.0464. The molecule has 0 spiro atoms. The fourth-order valence-corrected chi connectivity index (χ4v) is 4.59. The Morgan fingerprint density at radius 1 is 1.06 bits per heavy atom. The zero-order valence-corrected chi connectivity index (χ0v) is 18.4. The molecule has 1 N–H and O–H groups in total. The molecule has 1 aromatic carbocycles. The van der Waals surface area contributed by atoms with E-state index in [1.54, 1.807) is 47.1 Å². The second-order valence-corrected chi connectivity index (χ2v) is 8.99. The molecule has 2 aromatic rings. The summed E-state index contributed by atoms with van der Waals surface area (Å²) in [5.74, 6) is -0.860. The Morgan fingerprint density at radius 3 is 2.32 bits per heavy atom. The second-order valence-electron chi connectivity index (χ2n) is 7.60. The minimum Gasteiger partial charge on any atom is -0.338 e. The van der Waals surface area contributed by atoms with Gasteiger partial charge in [-0.1, -0.05) is 29.8 Å². The van der Waals surface area contributed by atoms with E-state index >= 15 is 0 Å². The number of rotatable bonds is 4. The van der Waals surface area contributed by atoms with E-state index in [4.69, 9.17) is 11.6 Å². The van der Waals surface area contributed by atoms with Crippen LogP contribution in [0.25, 0.3) is 0 Å². The summed E-state index contributed by atoms with van der Waals surface area (Å²) in [6, 6.07) is 9.64. The highest BCUT2D eigenvalue weighted by Crippen LogP contribution is 2.29. The first-order valence-electron chi connectivity index (χ1n) is 9.80. The number of hydrogen-bond acceptors (Lipinski definition) is 5. The van der Waals surface area contributed by atoms with Gasteiger partial charge >= 0.3 is 6.03 Å². The molecular weight excluding hydrogens is 440 g/mol. The molecule has 0 bridgehead atoms. The summed E-state index contributed by atoms with van der Waals surface area (Å²) in [7, 11) is 0. The lowest BCUT2D eigenvalue weighted by Gasteiger charge is -2.35. The van der Waals surface area contributed by atoms with Gasteiger partial charge in [0.2, 0.25) is 5.91 Å². The third-order valence-corrected chi connectivity index (χ3v) is 6.75. The van der Waals surface area contributed by atoms with Crippen LogP contribution in [0.2, 0.25) is 5.02 Å². The van der Waals surface area contributed by atoms with Crippen LogP contribution in [0.4, 0.5) is 4.79 Å². The van der Waals surface area contributed by atoms with Crippen molar-refractivity contribution >= 4 is 46.7 Å². The summed E-state index contributed by atoms with van der Waals surface area (Å²) >= 11 is 7.30. The minimum atomic E-state index is -1.26. The number of carbonyl (C=O) groups excluding carboxylic acids is 4. The lowest BCUT2D eigenvalue weighted by Crippen LogP contribution is -2.53. The third kappa shape index (κ3) is 4.03. The number of imide groups is 1. The highest BCUT2D eigenvalue weighted by atomic mass is 35.5. The maximum absolute atomic E-state index is 13.0. The molecule has 1 atom stereocenters. The van der Waals surface area contributed by atoms with E-state index in [-0.39, 0.29) is 18.4 Å². The quantitative estimate of drug-likeness (QED) is 0.708. The van der Waals surface area contributed by atoms with E-state index in [0.29, 0.717) is 41.6 Å². The smallest absolute Gasteiger partial charge is 0.325 e. The molecule has 0 aliphatic carbocycles. The number of piperazine rings is 1. The third-order valence-electron chi connectivity index (χ3n) is 5.64. The summed E-state index contributed by atoms with van der Waals surface area (Å²) in [5, 5.41) is 5.05. The lowest BCUT2D eigenvalue weighted by molar-refractivity contribution is -0.139. The molecule has 2 saturated heterocycles. The maximum Gasteiger partial charge on any atom is 0.325 e. The van der Waals surface area contributed by atoms with Crippen molar-refractivity contribution in [3.8, 4) is 0 Å². The molecule has 2 aliphatic heterocycles. The largest absolute Gasteiger partial charge is 0.338 e. The molecule has 5 amide bonds. The van der Waals surface area contributed by atoms with Crippen LogP contribution in [0.5, 0.6) is 0 Å². The monoisotopic (exact) mass is 460 g/mol. The number of benzene rings is 1. The topological polar surface area (TPSA) is 90.0 Å². The van der Waals surface area contributed by atoms with Crippen LogP contribution in [0.3, 0.4) is 0 Å². The highest BCUT2D eigenvalue weighted by Gasteiger charge is 2.49. The SMILES string of the molecule is C[C@@]1(c2ccc(Cl)cc2)NC(=O)N(CC(=O)N2CCN(C(=O)c3cccs3)CC2)C1=O. The normalized spacial score (nSPS) is 21.4. The molecule has 3 heterocycles. The molecule has 2 fully saturated rings. The molecule has 4 rings (SSSR count). The van der Waals surface area contributed by atoms with Gasteiger partial charge in [-0.05, 0) is 36.1 Å². The van der Waals surface area contributed by atoms with Gasteiger partial charge in [0.05, 0.1) is 4.88 Å². The fourth-order valence-electron chi connectivity index (χ4n) is 3.77. The van der Waals surface area contributed by atoms with Gasteiger partial charge in [0, 0.05) is 31.2 Å². The van der Waals surface area contributed by atoms with E-state index in [1.807, 2.05) is 11.4 Å². The predicted molar refractivity (Wildman–Crippen MR) is 116 cm³/mol. The van der Waals surface area contributed by atoms with Crippen LogP contribution >= 0.6 is 22.9 Å². The van der Waals surface area contributed by atoms with Crippen molar-refractivity contribution in [2.75, 3.05) is 32.7 Å². The number of thiophene rings is 1. The lowest BCUT2D eigenvalue weighted by atomic mass is 9.92. The number of halogens is 1. The van der Waals surface area contributed by atoms with E-state index in [0.717, 1.165) is 4.90 Å².